The first-order valence-electron chi connectivity index (χ1n) is 3.59. The second-order valence-electron chi connectivity index (χ2n) is 2.48. The highest BCUT2D eigenvalue weighted by Crippen LogP contribution is 2.23. The summed E-state index contributed by atoms with van der Waals surface area (Å²) in [6.45, 7) is 0. The molecule has 14 heavy (non-hydrogen) atoms. The number of rotatable bonds is 3. The SMILES string of the molecule is O=C(CBr)c1ccc([N+](=O)[O-])cc1Br. The van der Waals surface area contributed by atoms with Crippen molar-refractivity contribution < 1.29 is 9.72 Å². The first-order valence-corrected chi connectivity index (χ1v) is 5.51. The van der Waals surface area contributed by atoms with E-state index in [2.05, 4.69) is 31.9 Å². The van der Waals surface area contributed by atoms with Crippen LogP contribution in [0.5, 0.6) is 0 Å². The monoisotopic (exact) mass is 321 g/mol. The molecule has 0 atom stereocenters. The number of hydrogen-bond donors (Lipinski definition) is 0. The number of alkyl halides is 1. The molecule has 0 aromatic heterocycles. The molecule has 6 heteroatoms. The molecule has 0 amide bonds. The Labute approximate surface area is 96.7 Å². The summed E-state index contributed by atoms with van der Waals surface area (Å²) in [6.07, 6.45) is 0. The van der Waals surface area contributed by atoms with Crippen LogP contribution in [0.1, 0.15) is 10.4 Å². The van der Waals surface area contributed by atoms with Gasteiger partial charge in [0.05, 0.1) is 10.3 Å². The standard InChI is InChI=1S/C8H5Br2NO3/c9-4-8(12)6-2-1-5(11(13)14)3-7(6)10/h1-3H,4H2. The van der Waals surface area contributed by atoms with Crippen LogP contribution < -0.4 is 0 Å². The summed E-state index contributed by atoms with van der Waals surface area (Å²) in [6, 6.07) is 4.06. The Hall–Kier alpha value is -0.750. The van der Waals surface area contributed by atoms with E-state index in [0.29, 0.717) is 10.0 Å². The van der Waals surface area contributed by atoms with Crippen molar-refractivity contribution in [1.29, 1.82) is 0 Å². The number of carbonyl (C=O) groups is 1. The lowest BCUT2D eigenvalue weighted by molar-refractivity contribution is -0.384. The maximum Gasteiger partial charge on any atom is 0.270 e. The molecule has 0 N–H and O–H groups in total. The molecule has 0 saturated carbocycles. The van der Waals surface area contributed by atoms with Gasteiger partial charge in [-0.15, -0.1) is 0 Å². The molecule has 0 spiro atoms. The van der Waals surface area contributed by atoms with Crippen LogP contribution in [0.3, 0.4) is 0 Å². The Bertz CT molecular complexity index is 392. The van der Waals surface area contributed by atoms with Gasteiger partial charge in [0, 0.05) is 22.2 Å². The van der Waals surface area contributed by atoms with Gasteiger partial charge in [-0.1, -0.05) is 15.9 Å². The maximum absolute atomic E-state index is 11.3. The van der Waals surface area contributed by atoms with Crippen molar-refractivity contribution in [1.82, 2.24) is 0 Å². The Morgan fingerprint density at radius 3 is 2.57 bits per heavy atom. The van der Waals surface area contributed by atoms with E-state index in [4.69, 9.17) is 0 Å². The van der Waals surface area contributed by atoms with E-state index in [9.17, 15) is 14.9 Å². The predicted octanol–water partition coefficient (Wildman–Crippen LogP) is 2.93. The summed E-state index contributed by atoms with van der Waals surface area (Å²) < 4.78 is 0.441. The third-order valence-corrected chi connectivity index (χ3v) is 2.75. The third-order valence-electron chi connectivity index (χ3n) is 1.59. The number of halogens is 2. The van der Waals surface area contributed by atoms with Crippen molar-refractivity contribution >= 4 is 43.3 Å². The van der Waals surface area contributed by atoms with Crippen LogP contribution in [0.4, 0.5) is 5.69 Å². The van der Waals surface area contributed by atoms with Gasteiger partial charge < -0.3 is 0 Å². The summed E-state index contributed by atoms with van der Waals surface area (Å²) in [5.74, 6) is -0.119. The molecule has 0 heterocycles. The number of hydrogen-bond acceptors (Lipinski definition) is 3. The van der Waals surface area contributed by atoms with Gasteiger partial charge in [-0.3, -0.25) is 14.9 Å². The maximum atomic E-state index is 11.3. The minimum Gasteiger partial charge on any atom is -0.293 e. The quantitative estimate of drug-likeness (QED) is 0.372. The van der Waals surface area contributed by atoms with Crippen LogP contribution in [0.25, 0.3) is 0 Å². The van der Waals surface area contributed by atoms with Crippen molar-refractivity contribution in [3.05, 3.63) is 38.3 Å². The molecule has 0 aliphatic heterocycles. The van der Waals surface area contributed by atoms with Crippen molar-refractivity contribution in [2.45, 2.75) is 0 Å². The molecular weight excluding hydrogens is 318 g/mol. The molecule has 1 rings (SSSR count). The number of nitro groups is 1. The van der Waals surface area contributed by atoms with Crippen molar-refractivity contribution in [2.75, 3.05) is 5.33 Å². The zero-order chi connectivity index (χ0) is 10.7. The van der Waals surface area contributed by atoms with Crippen molar-refractivity contribution in [3.63, 3.8) is 0 Å². The number of nitrogens with zero attached hydrogens (tertiary/aromatic N) is 1. The van der Waals surface area contributed by atoms with Gasteiger partial charge in [-0.05, 0) is 22.0 Å². The van der Waals surface area contributed by atoms with Crippen LogP contribution in [0.15, 0.2) is 22.7 Å². The average molecular weight is 323 g/mol. The molecule has 1 aromatic rings. The average Bonchev–Trinajstić information content (AvgIpc) is 2.16. The summed E-state index contributed by atoms with van der Waals surface area (Å²) in [4.78, 5) is 21.2. The third kappa shape index (κ3) is 2.39. The molecule has 0 bridgehead atoms. The Morgan fingerprint density at radius 1 is 1.50 bits per heavy atom. The van der Waals surface area contributed by atoms with Gasteiger partial charge in [0.1, 0.15) is 0 Å². The van der Waals surface area contributed by atoms with Gasteiger partial charge in [-0.25, -0.2) is 0 Å². The van der Waals surface area contributed by atoms with Gasteiger partial charge in [0.2, 0.25) is 0 Å². The molecular formula is C8H5Br2NO3. The molecule has 4 nitrogen and oxygen atoms in total. The molecule has 0 unspecified atom stereocenters. The smallest absolute Gasteiger partial charge is 0.270 e. The predicted molar refractivity (Wildman–Crippen MR) is 58.9 cm³/mol. The Morgan fingerprint density at radius 2 is 2.14 bits per heavy atom. The van der Waals surface area contributed by atoms with Gasteiger partial charge in [-0.2, -0.15) is 0 Å². The molecule has 74 valence electrons. The van der Waals surface area contributed by atoms with Crippen LogP contribution in [0.2, 0.25) is 0 Å². The summed E-state index contributed by atoms with van der Waals surface area (Å²) in [7, 11) is 0. The van der Waals surface area contributed by atoms with E-state index in [1.54, 1.807) is 0 Å². The largest absolute Gasteiger partial charge is 0.293 e. The number of ketones is 1. The molecule has 0 saturated heterocycles. The Kier molecular flexibility index (Phi) is 3.77. The molecule has 0 aliphatic carbocycles. The highest BCUT2D eigenvalue weighted by atomic mass is 79.9. The highest BCUT2D eigenvalue weighted by molar-refractivity contribution is 9.10. The molecule has 0 radical (unpaired) electrons. The molecule has 0 fully saturated rings. The van der Waals surface area contributed by atoms with Gasteiger partial charge in [0.15, 0.2) is 5.78 Å². The Balaban J connectivity index is 3.14. The number of benzene rings is 1. The van der Waals surface area contributed by atoms with Crippen LogP contribution in [-0.2, 0) is 0 Å². The van der Waals surface area contributed by atoms with E-state index in [-0.39, 0.29) is 16.8 Å². The van der Waals surface area contributed by atoms with Crippen LogP contribution in [0, 0.1) is 10.1 Å². The zero-order valence-electron chi connectivity index (χ0n) is 6.87. The summed E-state index contributed by atoms with van der Waals surface area (Å²) >= 11 is 6.14. The highest BCUT2D eigenvalue weighted by Gasteiger charge is 2.13. The number of Topliss-reactive ketones (excluding diaryl/α,β-unsaturated/α-hetero) is 1. The summed E-state index contributed by atoms with van der Waals surface area (Å²) in [5.41, 5.74) is 0.399. The van der Waals surface area contributed by atoms with Gasteiger partial charge in [0.25, 0.3) is 5.69 Å². The van der Waals surface area contributed by atoms with Gasteiger partial charge >= 0.3 is 0 Å². The lowest BCUT2D eigenvalue weighted by Gasteiger charge is -2.00. The first-order chi connectivity index (χ1) is 6.56. The number of non-ortho nitro benzene ring substituents is 1. The normalized spacial score (nSPS) is 9.86. The van der Waals surface area contributed by atoms with Crippen molar-refractivity contribution in [2.24, 2.45) is 0 Å². The second kappa shape index (κ2) is 4.65. The zero-order valence-corrected chi connectivity index (χ0v) is 10.0. The number of carbonyl (C=O) groups excluding carboxylic acids is 1. The van der Waals surface area contributed by atoms with E-state index in [1.165, 1.54) is 18.2 Å². The lowest BCUT2D eigenvalue weighted by Crippen LogP contribution is -2.01. The molecule has 1 aromatic carbocycles. The minimum atomic E-state index is -0.507. The first kappa shape index (κ1) is 11.3. The van der Waals surface area contributed by atoms with Crippen LogP contribution in [-0.4, -0.2) is 16.0 Å². The second-order valence-corrected chi connectivity index (χ2v) is 3.89. The minimum absolute atomic E-state index is 0.0389. The fourth-order valence-electron chi connectivity index (χ4n) is 0.916. The fraction of sp³-hybridized carbons (Fsp3) is 0.125. The molecule has 0 aliphatic rings. The fourth-order valence-corrected chi connectivity index (χ4v) is 1.81. The topological polar surface area (TPSA) is 60.2 Å². The van der Waals surface area contributed by atoms with Crippen molar-refractivity contribution in [3.8, 4) is 0 Å². The van der Waals surface area contributed by atoms with Crippen LogP contribution >= 0.6 is 31.9 Å². The van der Waals surface area contributed by atoms with E-state index in [0.717, 1.165) is 0 Å². The number of nitro benzene ring substituents is 1. The van der Waals surface area contributed by atoms with E-state index < -0.39 is 4.92 Å². The van der Waals surface area contributed by atoms with E-state index in [1.807, 2.05) is 0 Å². The lowest BCUT2D eigenvalue weighted by atomic mass is 10.1. The summed E-state index contributed by atoms with van der Waals surface area (Å²) in [5, 5.41) is 10.6. The van der Waals surface area contributed by atoms with E-state index >= 15 is 0 Å².